The summed E-state index contributed by atoms with van der Waals surface area (Å²) in [6, 6.07) is 13.3. The first kappa shape index (κ1) is 15.0. The number of alkyl halides is 1. The van der Waals surface area contributed by atoms with Crippen LogP contribution in [0.15, 0.2) is 42.6 Å². The number of nitrogens with zero attached hydrogens (tertiary/aromatic N) is 4. The number of aromatic nitrogens is 3. The van der Waals surface area contributed by atoms with Crippen LogP contribution in [-0.2, 0) is 4.79 Å². The van der Waals surface area contributed by atoms with Crippen molar-refractivity contribution in [2.24, 2.45) is 0 Å². The number of carbonyl (C=O) groups excluding carboxylic acids is 1. The van der Waals surface area contributed by atoms with Gasteiger partial charge in [0, 0.05) is 5.39 Å². The number of carbonyl (C=O) groups is 1. The smallest absolute Gasteiger partial charge is 0.243 e. The van der Waals surface area contributed by atoms with Gasteiger partial charge < -0.3 is 5.32 Å². The van der Waals surface area contributed by atoms with Gasteiger partial charge in [-0.3, -0.25) is 4.79 Å². The summed E-state index contributed by atoms with van der Waals surface area (Å²) in [7, 11) is 0. The zero-order valence-corrected chi connectivity index (χ0v) is 12.9. The number of hydrogen-bond donors (Lipinski definition) is 1. The van der Waals surface area contributed by atoms with Crippen LogP contribution in [0.4, 0.5) is 5.82 Å². The maximum absolute atomic E-state index is 11.9. The van der Waals surface area contributed by atoms with Crippen molar-refractivity contribution in [1.82, 2.24) is 14.8 Å². The van der Waals surface area contributed by atoms with Crippen LogP contribution in [0, 0.1) is 11.3 Å². The van der Waals surface area contributed by atoms with Crippen molar-refractivity contribution in [1.29, 1.82) is 5.26 Å². The molecule has 1 N–H and O–H groups in total. The van der Waals surface area contributed by atoms with E-state index in [9.17, 15) is 10.1 Å². The van der Waals surface area contributed by atoms with Crippen molar-refractivity contribution in [2.45, 2.75) is 12.3 Å². The Labute approximate surface area is 137 Å². The van der Waals surface area contributed by atoms with Gasteiger partial charge in [-0.1, -0.05) is 18.2 Å². The van der Waals surface area contributed by atoms with E-state index in [1.54, 1.807) is 13.0 Å². The van der Waals surface area contributed by atoms with Crippen LogP contribution in [0.1, 0.15) is 12.5 Å². The van der Waals surface area contributed by atoms with Crippen LogP contribution in [-0.4, -0.2) is 26.0 Å². The molecule has 3 aromatic rings. The van der Waals surface area contributed by atoms with Gasteiger partial charge in [-0.25, -0.2) is 4.98 Å². The second kappa shape index (κ2) is 6.07. The van der Waals surface area contributed by atoms with Crippen molar-refractivity contribution < 1.29 is 4.79 Å². The quantitative estimate of drug-likeness (QED) is 0.750. The van der Waals surface area contributed by atoms with Gasteiger partial charge in [0.05, 0.1) is 11.7 Å². The van der Waals surface area contributed by atoms with Gasteiger partial charge in [-0.15, -0.1) is 11.6 Å². The van der Waals surface area contributed by atoms with E-state index in [0.29, 0.717) is 5.82 Å². The van der Waals surface area contributed by atoms with E-state index in [1.807, 2.05) is 36.4 Å². The molecule has 7 heteroatoms. The number of nitrogens with one attached hydrogen (secondary N) is 1. The third-order valence-corrected chi connectivity index (χ3v) is 3.49. The predicted octanol–water partition coefficient (Wildman–Crippen LogP) is 2.86. The highest BCUT2D eigenvalue weighted by Gasteiger charge is 2.18. The van der Waals surface area contributed by atoms with Crippen molar-refractivity contribution in [3.05, 3.63) is 48.2 Å². The lowest BCUT2D eigenvalue weighted by molar-refractivity contribution is -0.115. The summed E-state index contributed by atoms with van der Waals surface area (Å²) in [6.45, 7) is 1.55. The molecular formula is C16H12ClN5O. The maximum Gasteiger partial charge on any atom is 0.243 e. The van der Waals surface area contributed by atoms with Crippen LogP contribution in [0.25, 0.3) is 16.7 Å². The molecule has 1 atom stereocenters. The molecule has 23 heavy (non-hydrogen) atoms. The van der Waals surface area contributed by atoms with E-state index in [0.717, 1.165) is 10.9 Å². The van der Waals surface area contributed by atoms with Crippen molar-refractivity contribution in [3.63, 3.8) is 0 Å². The number of nitriles is 1. The third-order valence-electron chi connectivity index (χ3n) is 3.29. The van der Waals surface area contributed by atoms with E-state index in [1.165, 1.54) is 10.9 Å². The zero-order chi connectivity index (χ0) is 16.4. The lowest BCUT2D eigenvalue weighted by Crippen LogP contribution is -2.22. The Morgan fingerprint density at radius 2 is 2.13 bits per heavy atom. The molecule has 0 saturated heterocycles. The number of amides is 1. The van der Waals surface area contributed by atoms with Gasteiger partial charge in [-0.05, 0) is 25.1 Å². The summed E-state index contributed by atoms with van der Waals surface area (Å²) in [4.78, 5) is 16.4. The molecule has 0 fully saturated rings. The fourth-order valence-electron chi connectivity index (χ4n) is 2.11. The Bertz CT molecular complexity index is 926. The number of anilines is 1. The Hall–Kier alpha value is -2.91. The van der Waals surface area contributed by atoms with Gasteiger partial charge in [0.2, 0.25) is 5.91 Å². The molecule has 6 nitrogen and oxygen atoms in total. The highest BCUT2D eigenvalue weighted by Crippen LogP contribution is 2.21. The first-order valence-corrected chi connectivity index (χ1v) is 7.33. The number of rotatable bonds is 3. The highest BCUT2D eigenvalue weighted by molar-refractivity contribution is 6.32. The molecule has 0 aliphatic heterocycles. The van der Waals surface area contributed by atoms with Crippen LogP contribution >= 0.6 is 11.6 Å². The van der Waals surface area contributed by atoms with Crippen LogP contribution < -0.4 is 5.32 Å². The van der Waals surface area contributed by atoms with E-state index in [2.05, 4.69) is 15.4 Å². The summed E-state index contributed by atoms with van der Waals surface area (Å²) in [6.07, 6.45) is 1.38. The molecule has 114 valence electrons. The summed E-state index contributed by atoms with van der Waals surface area (Å²) in [5.41, 5.74) is 1.03. The SMILES string of the molecule is CC(Cl)C(=O)Nc1c(C#N)cnn1-c1ccc2ccccc2n1. The van der Waals surface area contributed by atoms with E-state index >= 15 is 0 Å². The topological polar surface area (TPSA) is 83.6 Å². The average Bonchev–Trinajstić information content (AvgIpc) is 2.97. The standard InChI is InChI=1S/C16H12ClN5O/c1-10(17)16(23)21-15-12(8-18)9-19-22(15)14-7-6-11-4-2-3-5-13(11)20-14/h2-7,9-10H,1H3,(H,21,23). The number of halogens is 1. The molecule has 0 saturated carbocycles. The first-order valence-electron chi connectivity index (χ1n) is 6.89. The van der Waals surface area contributed by atoms with Crippen LogP contribution in [0.5, 0.6) is 0 Å². The van der Waals surface area contributed by atoms with Gasteiger partial charge >= 0.3 is 0 Å². The molecule has 0 spiro atoms. The normalized spacial score (nSPS) is 11.9. The number of fused-ring (bicyclic) bond motifs is 1. The molecule has 1 amide bonds. The second-order valence-corrected chi connectivity index (χ2v) is 5.55. The van der Waals surface area contributed by atoms with Crippen LogP contribution in [0.3, 0.4) is 0 Å². The monoisotopic (exact) mass is 325 g/mol. The van der Waals surface area contributed by atoms with Gasteiger partial charge in [0.1, 0.15) is 17.0 Å². The molecule has 3 rings (SSSR count). The summed E-state index contributed by atoms with van der Waals surface area (Å²) in [5.74, 6) is 0.348. The molecule has 2 heterocycles. The van der Waals surface area contributed by atoms with Gasteiger partial charge in [0.15, 0.2) is 11.6 Å². The first-order chi connectivity index (χ1) is 11.1. The summed E-state index contributed by atoms with van der Waals surface area (Å²) >= 11 is 5.78. The Morgan fingerprint density at radius 3 is 2.87 bits per heavy atom. The number of pyridine rings is 1. The van der Waals surface area contributed by atoms with E-state index in [-0.39, 0.29) is 11.4 Å². The minimum Gasteiger partial charge on any atom is -0.308 e. The van der Waals surface area contributed by atoms with E-state index in [4.69, 9.17) is 11.6 Å². The Balaban J connectivity index is 2.09. The third kappa shape index (κ3) is 2.87. The molecule has 0 aliphatic carbocycles. The zero-order valence-electron chi connectivity index (χ0n) is 12.2. The largest absolute Gasteiger partial charge is 0.308 e. The van der Waals surface area contributed by atoms with Crippen molar-refractivity contribution in [3.8, 4) is 11.9 Å². The maximum atomic E-state index is 11.9. The summed E-state index contributed by atoms with van der Waals surface area (Å²) in [5, 5.41) is 16.2. The van der Waals surface area contributed by atoms with E-state index < -0.39 is 11.3 Å². The Kier molecular flexibility index (Phi) is 3.96. The average molecular weight is 326 g/mol. The van der Waals surface area contributed by atoms with Crippen molar-refractivity contribution >= 4 is 34.2 Å². The lowest BCUT2D eigenvalue weighted by atomic mass is 10.2. The molecule has 0 bridgehead atoms. The molecule has 2 aromatic heterocycles. The number of benzene rings is 1. The molecular weight excluding hydrogens is 314 g/mol. The van der Waals surface area contributed by atoms with Gasteiger partial charge in [-0.2, -0.15) is 15.0 Å². The molecule has 0 radical (unpaired) electrons. The lowest BCUT2D eigenvalue weighted by Gasteiger charge is -2.10. The van der Waals surface area contributed by atoms with Crippen LogP contribution in [0.2, 0.25) is 0 Å². The fourth-order valence-corrected chi connectivity index (χ4v) is 2.17. The predicted molar refractivity (Wildman–Crippen MR) is 87.5 cm³/mol. The number of para-hydroxylation sites is 1. The minimum atomic E-state index is -0.727. The number of hydrogen-bond acceptors (Lipinski definition) is 4. The minimum absolute atomic E-state index is 0.241. The molecule has 0 aliphatic rings. The Morgan fingerprint density at radius 1 is 1.35 bits per heavy atom. The second-order valence-electron chi connectivity index (χ2n) is 4.90. The van der Waals surface area contributed by atoms with Crippen molar-refractivity contribution in [2.75, 3.05) is 5.32 Å². The molecule has 1 unspecified atom stereocenters. The van der Waals surface area contributed by atoms with Gasteiger partial charge in [0.25, 0.3) is 0 Å². The highest BCUT2D eigenvalue weighted by atomic mass is 35.5. The molecule has 1 aromatic carbocycles. The summed E-state index contributed by atoms with van der Waals surface area (Å²) < 4.78 is 1.42. The fraction of sp³-hybridized carbons (Fsp3) is 0.125.